The highest BCUT2D eigenvalue weighted by Crippen LogP contribution is 2.41. The number of allylic oxidation sites excluding steroid dienone is 1. The molecule has 0 unspecified atom stereocenters. The lowest BCUT2D eigenvalue weighted by Gasteiger charge is -2.28. The highest BCUT2D eigenvalue weighted by molar-refractivity contribution is 7.85. The molecular formula is C29H34N4O7S. The topological polar surface area (TPSA) is 181 Å². The van der Waals surface area contributed by atoms with E-state index in [1.807, 2.05) is 12.4 Å². The Morgan fingerprint density at radius 3 is 2.59 bits per heavy atom. The number of hydrogen-bond acceptors (Lipinski definition) is 8. The first-order valence-corrected chi connectivity index (χ1v) is 14.9. The molecule has 41 heavy (non-hydrogen) atoms. The van der Waals surface area contributed by atoms with Crippen LogP contribution in [0.3, 0.4) is 0 Å². The highest BCUT2D eigenvalue weighted by atomic mass is 32.2. The Morgan fingerprint density at radius 2 is 1.85 bits per heavy atom. The average molecular weight is 583 g/mol. The number of rotatable bonds is 2. The van der Waals surface area contributed by atoms with Crippen LogP contribution in [0.15, 0.2) is 58.2 Å². The summed E-state index contributed by atoms with van der Waals surface area (Å²) in [5.74, 6) is 0.930. The molecule has 12 heteroatoms. The molecule has 0 aromatic carbocycles. The van der Waals surface area contributed by atoms with Crippen LogP contribution < -0.4 is 0 Å². The number of ketones is 1. The van der Waals surface area contributed by atoms with Gasteiger partial charge in [0.05, 0.1) is 18.4 Å². The number of aromatic amines is 1. The van der Waals surface area contributed by atoms with Gasteiger partial charge in [-0.15, -0.1) is 0 Å². The summed E-state index contributed by atoms with van der Waals surface area (Å²) in [5.41, 5.74) is 8.04. The molecule has 0 saturated heterocycles. The Hall–Kier alpha value is -3.84. The quantitative estimate of drug-likeness (QED) is 0.385. The third-order valence-corrected chi connectivity index (χ3v) is 7.16. The summed E-state index contributed by atoms with van der Waals surface area (Å²) in [5, 5.41) is 11.2. The molecule has 3 heterocycles. The van der Waals surface area contributed by atoms with Gasteiger partial charge in [-0.1, -0.05) is 0 Å². The number of hydrogen-bond donors (Lipinski definition) is 3. The van der Waals surface area contributed by atoms with Gasteiger partial charge in [0.2, 0.25) is 0 Å². The van der Waals surface area contributed by atoms with E-state index in [0.717, 1.165) is 47.4 Å². The number of nitrogens with one attached hydrogen (secondary N) is 1. The number of aliphatic imine (C=N–C) groups is 1. The van der Waals surface area contributed by atoms with Gasteiger partial charge >= 0.3 is 0 Å². The summed E-state index contributed by atoms with van der Waals surface area (Å²) in [4.78, 5) is 28.1. The maximum absolute atomic E-state index is 13.1. The molecule has 6 rings (SSSR count). The van der Waals surface area contributed by atoms with Crippen molar-refractivity contribution in [2.75, 3.05) is 33.4 Å². The predicted molar refractivity (Wildman–Crippen MR) is 156 cm³/mol. The van der Waals surface area contributed by atoms with Crippen molar-refractivity contribution in [2.24, 2.45) is 10.9 Å². The molecule has 0 fully saturated rings. The van der Waals surface area contributed by atoms with Gasteiger partial charge in [-0.25, -0.2) is 0 Å². The van der Waals surface area contributed by atoms with E-state index in [1.54, 1.807) is 18.5 Å². The zero-order valence-corrected chi connectivity index (χ0v) is 24.0. The minimum Gasteiger partial charge on any atom is -0.511 e. The normalized spacial score (nSPS) is 17.5. The van der Waals surface area contributed by atoms with Gasteiger partial charge < -0.3 is 24.9 Å². The van der Waals surface area contributed by atoms with Crippen LogP contribution in [0.5, 0.6) is 0 Å². The van der Waals surface area contributed by atoms with Crippen molar-refractivity contribution in [1.29, 1.82) is 0 Å². The van der Waals surface area contributed by atoms with Gasteiger partial charge in [0.15, 0.2) is 5.78 Å². The molecule has 0 radical (unpaired) electrons. The van der Waals surface area contributed by atoms with E-state index in [0.29, 0.717) is 47.7 Å². The van der Waals surface area contributed by atoms with Crippen LogP contribution in [-0.2, 0) is 23.0 Å². The zero-order valence-electron chi connectivity index (χ0n) is 23.1. The van der Waals surface area contributed by atoms with Gasteiger partial charge in [-0.2, -0.15) is 8.42 Å². The molecule has 5 N–H and O–H groups in total. The van der Waals surface area contributed by atoms with Gasteiger partial charge in [0.25, 0.3) is 10.1 Å². The SMILES string of the molecule is CN(C)C[C@@H]1CCc2cc3c4cncc-4cc2C1=NCCc1cc2c([nH]cco1)C3=C(O)CC2=O.CS(=O)(=O)O.O. The van der Waals surface area contributed by atoms with Crippen LogP contribution in [0, 0.1) is 5.92 Å². The van der Waals surface area contributed by atoms with Crippen molar-refractivity contribution in [3.05, 3.63) is 82.5 Å². The summed E-state index contributed by atoms with van der Waals surface area (Å²) in [6.45, 7) is 1.48. The Balaban J connectivity index is 0.000000596. The second kappa shape index (κ2) is 12.0. The number of nitrogens with zero attached hydrogens (tertiary/aromatic N) is 3. The lowest BCUT2D eigenvalue weighted by Crippen LogP contribution is -2.32. The summed E-state index contributed by atoms with van der Waals surface area (Å²) in [6, 6.07) is 6.19. The molecule has 8 bridgehead atoms. The minimum atomic E-state index is -3.67. The van der Waals surface area contributed by atoms with Crippen molar-refractivity contribution in [3.63, 3.8) is 0 Å². The van der Waals surface area contributed by atoms with Gasteiger partial charge in [-0.3, -0.25) is 19.3 Å². The summed E-state index contributed by atoms with van der Waals surface area (Å²) >= 11 is 0. The Kier molecular flexibility index (Phi) is 8.78. The van der Waals surface area contributed by atoms with Crippen LogP contribution >= 0.6 is 0 Å². The molecule has 0 spiro atoms. The number of aliphatic hydroxyl groups excluding tert-OH is 1. The van der Waals surface area contributed by atoms with Crippen molar-refractivity contribution in [2.45, 2.75) is 25.7 Å². The van der Waals surface area contributed by atoms with Crippen LogP contribution in [0.2, 0.25) is 0 Å². The van der Waals surface area contributed by atoms with Crippen molar-refractivity contribution < 1.29 is 32.8 Å². The smallest absolute Gasteiger partial charge is 0.261 e. The Morgan fingerprint density at radius 1 is 1.10 bits per heavy atom. The van der Waals surface area contributed by atoms with E-state index in [2.05, 4.69) is 41.1 Å². The van der Waals surface area contributed by atoms with Crippen molar-refractivity contribution in [1.82, 2.24) is 14.9 Å². The Bertz CT molecular complexity index is 1660. The minimum absolute atomic E-state index is 0. The molecular weight excluding hydrogens is 548 g/mol. The van der Waals surface area contributed by atoms with E-state index in [9.17, 15) is 18.3 Å². The lowest BCUT2D eigenvalue weighted by atomic mass is 9.82. The summed E-state index contributed by atoms with van der Waals surface area (Å²) in [7, 11) is 0.533. The number of carbonyl (C=O) groups excluding carboxylic acids is 1. The number of H-pyrrole nitrogens is 1. The number of aryl methyl sites for hydroxylation is 1. The number of carbonyl (C=O) groups is 1. The van der Waals surface area contributed by atoms with Crippen molar-refractivity contribution >= 4 is 27.2 Å². The number of aliphatic hydroxyl groups is 1. The number of fused-ring (bicyclic) bond motifs is 5. The van der Waals surface area contributed by atoms with E-state index in [1.165, 1.54) is 5.56 Å². The first-order valence-electron chi connectivity index (χ1n) is 13.0. The number of aromatic nitrogens is 2. The Labute approximate surface area is 238 Å². The average Bonchev–Trinajstić information content (AvgIpc) is 3.23. The molecule has 218 valence electrons. The molecule has 5 aliphatic rings. The monoisotopic (exact) mass is 582 g/mol. The van der Waals surface area contributed by atoms with Crippen molar-refractivity contribution in [3.8, 4) is 11.1 Å². The van der Waals surface area contributed by atoms with E-state index in [-0.39, 0.29) is 23.4 Å². The lowest BCUT2D eigenvalue weighted by molar-refractivity contribution is 0.0976. The van der Waals surface area contributed by atoms with Gasteiger partial charge in [-0.05, 0) is 61.8 Å². The fourth-order valence-corrected chi connectivity index (χ4v) is 5.62. The van der Waals surface area contributed by atoms with Gasteiger partial charge in [0.1, 0.15) is 17.8 Å². The molecule has 11 nitrogen and oxygen atoms in total. The third kappa shape index (κ3) is 6.57. The molecule has 2 aliphatic heterocycles. The fraction of sp³-hybridized carbons (Fsp3) is 0.345. The van der Waals surface area contributed by atoms with Crippen LogP contribution in [0.25, 0.3) is 16.7 Å². The van der Waals surface area contributed by atoms with Gasteiger partial charge in [0, 0.05) is 72.0 Å². The second-order valence-electron chi connectivity index (χ2n) is 10.6. The van der Waals surface area contributed by atoms with E-state index < -0.39 is 10.1 Å². The molecule has 1 atom stereocenters. The summed E-state index contributed by atoms with van der Waals surface area (Å²) < 4.78 is 31.7. The van der Waals surface area contributed by atoms with Crippen LogP contribution in [0.1, 0.15) is 51.3 Å². The second-order valence-corrected chi connectivity index (χ2v) is 12.0. The number of Topliss-reactive ketones (excluding diaryl/α,β-unsaturated/α-hetero) is 1. The molecule has 1 aromatic rings. The highest BCUT2D eigenvalue weighted by Gasteiger charge is 2.32. The zero-order chi connectivity index (χ0) is 28.6. The molecule has 3 aliphatic carbocycles. The summed E-state index contributed by atoms with van der Waals surface area (Å²) in [6.07, 6.45) is 10.1. The maximum atomic E-state index is 13.1. The third-order valence-electron chi connectivity index (χ3n) is 7.16. The molecule has 0 saturated carbocycles. The predicted octanol–water partition coefficient (Wildman–Crippen LogP) is 3.28. The fourth-order valence-electron chi connectivity index (χ4n) is 5.62. The maximum Gasteiger partial charge on any atom is 0.261 e. The first-order chi connectivity index (χ1) is 19.0. The van der Waals surface area contributed by atoms with E-state index in [4.69, 9.17) is 14.0 Å². The standard InChI is InChI=1S/C28H28N4O3.CH4O3S.H2O/c1-32(2)15-17-4-3-16-9-21-23-14-29-13-18(23)10-20(16)27(17)30-6-5-19-11-22-24(33)12-25(34)26(21)28(22)31-7-8-35-19;1-5(2,3)4;/h7-11,13-14,17,31,34H,3-6,12,15H2,1-2H3;1H3,(H,2,3,4);1H2/t17-;;/m0../s1. The molecule has 1 aromatic heterocycles. The first kappa shape index (κ1) is 30.1. The van der Waals surface area contributed by atoms with Crippen LogP contribution in [-0.4, -0.2) is 83.4 Å². The van der Waals surface area contributed by atoms with Crippen LogP contribution in [0.4, 0.5) is 0 Å². The molecule has 0 amide bonds. The largest absolute Gasteiger partial charge is 0.511 e. The van der Waals surface area contributed by atoms with E-state index >= 15 is 0 Å².